The molecule has 4 nitrogen and oxygen atoms in total. The van der Waals surface area contributed by atoms with E-state index < -0.39 is 10.1 Å². The van der Waals surface area contributed by atoms with Gasteiger partial charge in [-0.15, -0.1) is 0 Å². The van der Waals surface area contributed by atoms with Gasteiger partial charge in [0.15, 0.2) is 0 Å². The minimum Gasteiger partial charge on any atom is -0.286 e. The number of hydrogen-bond donors (Lipinski definition) is 1. The maximum Gasteiger partial charge on any atom is 0.265 e. The van der Waals surface area contributed by atoms with Crippen molar-refractivity contribution < 1.29 is 13.0 Å². The molecule has 0 spiro atoms. The summed E-state index contributed by atoms with van der Waals surface area (Å²) in [4.78, 5) is 0. The summed E-state index contributed by atoms with van der Waals surface area (Å²) in [5.74, 6) is -0.293. The highest BCUT2D eigenvalue weighted by molar-refractivity contribution is 7.85. The monoisotopic (exact) mass is 211 g/mol. The Balaban J connectivity index is 2.67. The van der Waals surface area contributed by atoms with Crippen molar-refractivity contribution in [3.63, 3.8) is 0 Å². The van der Waals surface area contributed by atoms with E-state index in [0.717, 1.165) is 5.56 Å². The average molecular weight is 211 g/mol. The quantitative estimate of drug-likeness (QED) is 0.756. The van der Waals surface area contributed by atoms with E-state index in [-0.39, 0.29) is 12.2 Å². The molecule has 0 unspecified atom stereocenters. The van der Waals surface area contributed by atoms with Crippen LogP contribution >= 0.6 is 0 Å². The van der Waals surface area contributed by atoms with Crippen LogP contribution in [-0.2, 0) is 16.5 Å². The van der Waals surface area contributed by atoms with Gasteiger partial charge in [0.1, 0.15) is 0 Å². The second-order valence-electron chi connectivity index (χ2n) is 2.84. The van der Waals surface area contributed by atoms with Crippen LogP contribution < -0.4 is 0 Å². The van der Waals surface area contributed by atoms with Crippen LogP contribution in [0.25, 0.3) is 0 Å². The van der Waals surface area contributed by atoms with Crippen LogP contribution in [0.3, 0.4) is 0 Å². The Morgan fingerprint density at radius 3 is 2.29 bits per heavy atom. The normalized spacial score (nSPS) is 10.9. The average Bonchev–Trinajstić information content (AvgIpc) is 2.14. The van der Waals surface area contributed by atoms with Crippen LogP contribution in [0.15, 0.2) is 24.3 Å². The molecule has 0 saturated carbocycles. The first-order valence-corrected chi connectivity index (χ1v) is 5.56. The van der Waals surface area contributed by atoms with Crippen molar-refractivity contribution in [1.29, 1.82) is 5.26 Å². The molecule has 1 rings (SSSR count). The number of rotatable bonds is 3. The summed E-state index contributed by atoms with van der Waals surface area (Å²) in [6, 6.07) is 8.52. The third-order valence-corrected chi connectivity index (χ3v) is 2.45. The molecule has 0 bridgehead atoms. The van der Waals surface area contributed by atoms with Gasteiger partial charge in [0.2, 0.25) is 0 Å². The standard InChI is InChI=1S/C9H9NO3S/c10-7-9-3-1-8(2-4-9)5-6-14(11,12)13/h1-4H,5-6H2,(H,11,12,13). The molecule has 74 valence electrons. The van der Waals surface area contributed by atoms with E-state index in [2.05, 4.69) is 0 Å². The molecule has 0 heterocycles. The van der Waals surface area contributed by atoms with Crippen molar-refractivity contribution >= 4 is 10.1 Å². The first-order chi connectivity index (χ1) is 6.51. The van der Waals surface area contributed by atoms with Crippen LogP contribution in [0.4, 0.5) is 0 Å². The molecule has 1 aromatic rings. The van der Waals surface area contributed by atoms with Crippen LogP contribution in [0, 0.1) is 11.3 Å². The molecular formula is C9H9NO3S. The van der Waals surface area contributed by atoms with Gasteiger partial charge in [-0.1, -0.05) is 12.1 Å². The summed E-state index contributed by atoms with van der Waals surface area (Å²) in [5, 5.41) is 8.50. The van der Waals surface area contributed by atoms with Crippen molar-refractivity contribution in [3.8, 4) is 6.07 Å². The number of nitrogens with zero attached hydrogens (tertiary/aromatic N) is 1. The van der Waals surface area contributed by atoms with Gasteiger partial charge in [0, 0.05) is 0 Å². The van der Waals surface area contributed by atoms with Gasteiger partial charge >= 0.3 is 0 Å². The Hall–Kier alpha value is -1.38. The lowest BCUT2D eigenvalue weighted by molar-refractivity contribution is 0.482. The van der Waals surface area contributed by atoms with Crippen LogP contribution in [0.1, 0.15) is 11.1 Å². The molecular weight excluding hydrogens is 202 g/mol. The zero-order valence-electron chi connectivity index (χ0n) is 7.34. The second-order valence-corrected chi connectivity index (χ2v) is 4.42. The third kappa shape index (κ3) is 3.56. The molecule has 0 radical (unpaired) electrons. The van der Waals surface area contributed by atoms with Gasteiger partial charge in [-0.25, -0.2) is 0 Å². The van der Waals surface area contributed by atoms with Gasteiger partial charge in [0.05, 0.1) is 17.4 Å². The largest absolute Gasteiger partial charge is 0.286 e. The Morgan fingerprint density at radius 1 is 1.29 bits per heavy atom. The molecule has 14 heavy (non-hydrogen) atoms. The van der Waals surface area contributed by atoms with E-state index >= 15 is 0 Å². The number of benzene rings is 1. The third-order valence-electron chi connectivity index (χ3n) is 1.73. The van der Waals surface area contributed by atoms with Crippen LogP contribution in [-0.4, -0.2) is 18.7 Å². The van der Waals surface area contributed by atoms with Gasteiger partial charge < -0.3 is 0 Å². The predicted molar refractivity (Wildman–Crippen MR) is 51.3 cm³/mol. The summed E-state index contributed by atoms with van der Waals surface area (Å²) in [6.07, 6.45) is 0.255. The summed E-state index contributed by atoms with van der Waals surface area (Å²) in [7, 11) is -3.90. The van der Waals surface area contributed by atoms with Crippen molar-refractivity contribution in [2.75, 3.05) is 5.75 Å². The Labute approximate surface area is 82.5 Å². The van der Waals surface area contributed by atoms with Crippen molar-refractivity contribution in [2.24, 2.45) is 0 Å². The maximum atomic E-state index is 10.4. The zero-order valence-corrected chi connectivity index (χ0v) is 8.16. The highest BCUT2D eigenvalue weighted by Crippen LogP contribution is 2.04. The van der Waals surface area contributed by atoms with E-state index in [9.17, 15) is 8.42 Å². The van der Waals surface area contributed by atoms with E-state index in [1.54, 1.807) is 24.3 Å². The van der Waals surface area contributed by atoms with E-state index in [0.29, 0.717) is 5.56 Å². The van der Waals surface area contributed by atoms with Gasteiger partial charge in [-0.3, -0.25) is 4.55 Å². The fourth-order valence-corrected chi connectivity index (χ4v) is 1.49. The second kappa shape index (κ2) is 4.22. The van der Waals surface area contributed by atoms with Crippen molar-refractivity contribution in [2.45, 2.75) is 6.42 Å². The highest BCUT2D eigenvalue weighted by Gasteiger charge is 2.04. The topological polar surface area (TPSA) is 78.2 Å². The molecule has 0 atom stereocenters. The van der Waals surface area contributed by atoms with E-state index in [1.165, 1.54) is 0 Å². The van der Waals surface area contributed by atoms with Crippen LogP contribution in [0.2, 0.25) is 0 Å². The zero-order chi connectivity index (χ0) is 10.6. The smallest absolute Gasteiger partial charge is 0.265 e. The highest BCUT2D eigenvalue weighted by atomic mass is 32.2. The molecule has 0 amide bonds. The molecule has 0 aliphatic carbocycles. The molecule has 0 aliphatic heterocycles. The van der Waals surface area contributed by atoms with Gasteiger partial charge in [0.25, 0.3) is 10.1 Å². The van der Waals surface area contributed by atoms with E-state index in [4.69, 9.17) is 9.81 Å². The molecule has 5 heteroatoms. The molecule has 1 aromatic carbocycles. The van der Waals surface area contributed by atoms with Crippen LogP contribution in [0.5, 0.6) is 0 Å². The SMILES string of the molecule is N#Cc1ccc(CCS(=O)(=O)O)cc1. The summed E-state index contributed by atoms with van der Waals surface area (Å²) < 4.78 is 29.4. The molecule has 0 aromatic heterocycles. The van der Waals surface area contributed by atoms with Gasteiger partial charge in [-0.05, 0) is 24.1 Å². The molecule has 0 saturated heterocycles. The Morgan fingerprint density at radius 2 is 1.86 bits per heavy atom. The minimum atomic E-state index is -3.90. The predicted octanol–water partition coefficient (Wildman–Crippen LogP) is 0.989. The summed E-state index contributed by atoms with van der Waals surface area (Å²) in [6.45, 7) is 0. The maximum absolute atomic E-state index is 10.4. The number of aryl methyl sites for hydroxylation is 1. The lowest BCUT2D eigenvalue weighted by Crippen LogP contribution is -2.06. The first-order valence-electron chi connectivity index (χ1n) is 3.95. The summed E-state index contributed by atoms with van der Waals surface area (Å²) in [5.41, 5.74) is 1.31. The fourth-order valence-electron chi connectivity index (χ4n) is 0.993. The minimum absolute atomic E-state index is 0.255. The van der Waals surface area contributed by atoms with Crippen molar-refractivity contribution in [1.82, 2.24) is 0 Å². The Kier molecular flexibility index (Phi) is 3.23. The van der Waals surface area contributed by atoms with Crippen molar-refractivity contribution in [3.05, 3.63) is 35.4 Å². The number of nitriles is 1. The number of hydrogen-bond acceptors (Lipinski definition) is 3. The van der Waals surface area contributed by atoms with E-state index in [1.807, 2.05) is 6.07 Å². The first kappa shape index (κ1) is 10.7. The molecule has 1 N–H and O–H groups in total. The lowest BCUT2D eigenvalue weighted by atomic mass is 10.1. The fraction of sp³-hybridized carbons (Fsp3) is 0.222. The Bertz CT molecular complexity index is 442. The van der Waals surface area contributed by atoms with Gasteiger partial charge in [-0.2, -0.15) is 13.7 Å². The summed E-state index contributed by atoms with van der Waals surface area (Å²) >= 11 is 0. The lowest BCUT2D eigenvalue weighted by Gasteiger charge is -1.98. The molecule has 0 fully saturated rings. The molecule has 0 aliphatic rings.